The van der Waals surface area contributed by atoms with E-state index in [9.17, 15) is 30.4 Å². The van der Waals surface area contributed by atoms with Crippen LogP contribution in [0.5, 0.6) is 0 Å². The number of halogens is 6. The van der Waals surface area contributed by atoms with Crippen molar-refractivity contribution in [1.29, 1.82) is 0 Å². The van der Waals surface area contributed by atoms with Gasteiger partial charge in [0.2, 0.25) is 10.0 Å². The molecule has 1 atom stereocenters. The Balaban J connectivity index is 1.69. The number of nitrogens with zero attached hydrogens (tertiary/aromatic N) is 2. The first-order valence-electron chi connectivity index (χ1n) is 11.1. The number of alkyl halides is 5. The molecule has 0 saturated heterocycles. The van der Waals surface area contributed by atoms with Crippen LogP contribution in [0.1, 0.15) is 55.4 Å². The predicted octanol–water partition coefficient (Wildman–Crippen LogP) is 5.97. The molecule has 2 fully saturated rings. The van der Waals surface area contributed by atoms with E-state index in [2.05, 4.69) is 9.71 Å². The van der Waals surface area contributed by atoms with Crippen molar-refractivity contribution >= 4 is 20.9 Å². The van der Waals surface area contributed by atoms with Crippen LogP contribution < -0.4 is 4.72 Å². The lowest BCUT2D eigenvalue weighted by molar-refractivity contribution is -0.140. The van der Waals surface area contributed by atoms with Crippen molar-refractivity contribution in [3.05, 3.63) is 53.7 Å². The molecule has 0 amide bonds. The van der Waals surface area contributed by atoms with Crippen molar-refractivity contribution < 1.29 is 34.8 Å². The van der Waals surface area contributed by atoms with Crippen LogP contribution in [0.4, 0.5) is 26.3 Å². The van der Waals surface area contributed by atoms with Gasteiger partial charge < -0.3 is 4.57 Å². The summed E-state index contributed by atoms with van der Waals surface area (Å²) in [6, 6.07) is 2.44. The summed E-state index contributed by atoms with van der Waals surface area (Å²) in [5.41, 5.74) is -1.95. The Labute approximate surface area is 197 Å². The van der Waals surface area contributed by atoms with Gasteiger partial charge in [0.25, 0.3) is 6.43 Å². The molecule has 0 spiro atoms. The number of hydrogen-bond acceptors (Lipinski definition) is 3. The van der Waals surface area contributed by atoms with Gasteiger partial charge in [-0.3, -0.25) is 4.98 Å². The van der Waals surface area contributed by atoms with Gasteiger partial charge in [-0.25, -0.2) is 26.3 Å². The van der Waals surface area contributed by atoms with E-state index in [-0.39, 0.29) is 28.1 Å². The number of aromatic nitrogens is 2. The third-order valence-electron chi connectivity index (χ3n) is 6.63. The molecule has 2 saturated carbocycles. The number of rotatable bonds is 7. The Kier molecular flexibility index (Phi) is 5.86. The topological polar surface area (TPSA) is 64.0 Å². The number of nitrogens with one attached hydrogen (secondary N) is 1. The minimum atomic E-state index is -4.83. The lowest BCUT2D eigenvalue weighted by Gasteiger charge is -2.28. The van der Waals surface area contributed by atoms with Crippen LogP contribution in [-0.2, 0) is 16.2 Å². The van der Waals surface area contributed by atoms with E-state index in [4.69, 9.17) is 0 Å². The molecule has 0 aliphatic heterocycles. The number of sulfonamides is 1. The van der Waals surface area contributed by atoms with Gasteiger partial charge >= 0.3 is 6.18 Å². The second-order valence-electron chi connectivity index (χ2n) is 9.00. The summed E-state index contributed by atoms with van der Waals surface area (Å²) in [7, 11) is -4.00. The van der Waals surface area contributed by atoms with Crippen molar-refractivity contribution in [1.82, 2.24) is 14.3 Å². The summed E-state index contributed by atoms with van der Waals surface area (Å²) in [4.78, 5) is 3.38. The molecule has 2 aliphatic carbocycles. The molecule has 5 nitrogen and oxygen atoms in total. The lowest BCUT2D eigenvalue weighted by atomic mass is 9.92. The fraction of sp³-hybridized carbons (Fsp3) is 0.435. The average Bonchev–Trinajstić information content (AvgIpc) is 3.55. The highest BCUT2D eigenvalue weighted by atomic mass is 32.2. The van der Waals surface area contributed by atoms with Crippen molar-refractivity contribution in [2.75, 3.05) is 0 Å². The maximum absolute atomic E-state index is 15.3. The van der Waals surface area contributed by atoms with Gasteiger partial charge in [-0.1, -0.05) is 6.07 Å². The van der Waals surface area contributed by atoms with Gasteiger partial charge in [0.15, 0.2) is 5.69 Å². The molecule has 1 aromatic carbocycles. The van der Waals surface area contributed by atoms with Gasteiger partial charge in [0, 0.05) is 46.0 Å². The molecule has 0 radical (unpaired) electrons. The Morgan fingerprint density at radius 1 is 1.09 bits per heavy atom. The Hall–Kier alpha value is -2.60. The minimum absolute atomic E-state index is 0.0272. The SMILES string of the molecule is O=S(=O)(NC(c1cn(C2CCC2)c2cc(-c3cccnc3C(F)(F)F)c(F)cc12)C(F)F)C1CC1. The zero-order chi connectivity index (χ0) is 25.1. The van der Waals surface area contributed by atoms with Crippen LogP contribution in [0.25, 0.3) is 22.0 Å². The molecule has 2 aliphatic rings. The molecule has 188 valence electrons. The third-order valence-corrected chi connectivity index (χ3v) is 8.56. The zero-order valence-electron chi connectivity index (χ0n) is 18.2. The first kappa shape index (κ1) is 24.1. The summed E-state index contributed by atoms with van der Waals surface area (Å²) in [6.07, 6.45) is -2.58. The van der Waals surface area contributed by atoms with Gasteiger partial charge in [-0.15, -0.1) is 0 Å². The molecule has 5 rings (SSSR count). The Bertz CT molecular complexity index is 1380. The van der Waals surface area contributed by atoms with Crippen LogP contribution in [0, 0.1) is 5.82 Å². The number of fused-ring (bicyclic) bond motifs is 1. The van der Waals surface area contributed by atoms with E-state index < -0.39 is 51.0 Å². The maximum Gasteiger partial charge on any atom is 0.433 e. The van der Waals surface area contributed by atoms with Crippen molar-refractivity contribution in [3.63, 3.8) is 0 Å². The normalized spacial score (nSPS) is 18.3. The quantitative estimate of drug-likeness (QED) is 0.393. The smallest absolute Gasteiger partial charge is 0.344 e. The summed E-state index contributed by atoms with van der Waals surface area (Å²) in [6.45, 7) is 0. The van der Waals surface area contributed by atoms with Gasteiger partial charge in [0.05, 0.1) is 5.25 Å². The molecule has 1 unspecified atom stereocenters. The largest absolute Gasteiger partial charge is 0.433 e. The fourth-order valence-electron chi connectivity index (χ4n) is 4.47. The molecule has 0 bridgehead atoms. The highest BCUT2D eigenvalue weighted by Gasteiger charge is 2.41. The van der Waals surface area contributed by atoms with Crippen LogP contribution in [0.15, 0.2) is 36.7 Å². The molecule has 35 heavy (non-hydrogen) atoms. The molecule has 1 N–H and O–H groups in total. The second-order valence-corrected chi connectivity index (χ2v) is 11.0. The van der Waals surface area contributed by atoms with Crippen molar-refractivity contribution in [2.45, 2.75) is 62.0 Å². The number of benzene rings is 1. The summed E-state index contributed by atoms with van der Waals surface area (Å²) in [5, 5.41) is -0.710. The van der Waals surface area contributed by atoms with Gasteiger partial charge in [-0.05, 0) is 50.3 Å². The van der Waals surface area contributed by atoms with Gasteiger partial charge in [-0.2, -0.15) is 13.2 Å². The molecule has 12 heteroatoms. The molecular weight excluding hydrogens is 496 g/mol. The first-order chi connectivity index (χ1) is 16.5. The van der Waals surface area contributed by atoms with Gasteiger partial charge in [0.1, 0.15) is 11.9 Å². The summed E-state index contributed by atoms with van der Waals surface area (Å²) < 4.78 is 113. The highest BCUT2D eigenvalue weighted by Crippen LogP contribution is 2.43. The first-order valence-corrected chi connectivity index (χ1v) is 12.7. The van der Waals surface area contributed by atoms with Crippen molar-refractivity contribution in [3.8, 4) is 11.1 Å². The van der Waals surface area contributed by atoms with E-state index in [0.717, 1.165) is 24.8 Å². The average molecular weight is 517 g/mol. The van der Waals surface area contributed by atoms with E-state index >= 15 is 4.39 Å². The Morgan fingerprint density at radius 2 is 1.80 bits per heavy atom. The fourth-order valence-corrected chi connectivity index (χ4v) is 6.00. The molecular formula is C23H21F6N3O2S. The predicted molar refractivity (Wildman–Crippen MR) is 117 cm³/mol. The highest BCUT2D eigenvalue weighted by molar-refractivity contribution is 7.90. The molecule has 2 aromatic heterocycles. The second kappa shape index (κ2) is 8.51. The molecule has 3 aromatic rings. The van der Waals surface area contributed by atoms with Crippen LogP contribution >= 0.6 is 0 Å². The maximum atomic E-state index is 15.3. The van der Waals surface area contributed by atoms with Crippen LogP contribution in [0.3, 0.4) is 0 Å². The summed E-state index contributed by atoms with van der Waals surface area (Å²) >= 11 is 0. The number of hydrogen-bond donors (Lipinski definition) is 1. The lowest BCUT2D eigenvalue weighted by Crippen LogP contribution is -2.35. The van der Waals surface area contributed by atoms with E-state index in [1.165, 1.54) is 18.3 Å². The van der Waals surface area contributed by atoms with E-state index in [0.29, 0.717) is 25.7 Å². The minimum Gasteiger partial charge on any atom is -0.344 e. The Morgan fingerprint density at radius 3 is 2.37 bits per heavy atom. The summed E-state index contributed by atoms with van der Waals surface area (Å²) in [5.74, 6) is -1.05. The number of pyridine rings is 1. The van der Waals surface area contributed by atoms with E-state index in [1.54, 1.807) is 4.57 Å². The monoisotopic (exact) mass is 517 g/mol. The van der Waals surface area contributed by atoms with Crippen LogP contribution in [-0.4, -0.2) is 29.6 Å². The molecule has 2 heterocycles. The van der Waals surface area contributed by atoms with E-state index in [1.807, 2.05) is 0 Å². The zero-order valence-corrected chi connectivity index (χ0v) is 19.0. The van der Waals surface area contributed by atoms with Crippen molar-refractivity contribution in [2.24, 2.45) is 0 Å². The van der Waals surface area contributed by atoms with Crippen LogP contribution in [0.2, 0.25) is 0 Å². The third kappa shape index (κ3) is 4.42. The standard InChI is InChI=1S/C23H21F6N3O2S/c24-18-9-16-17(20(22(25)26)31-35(33,34)13-6-7-13)11-32(12-3-1-4-12)19(16)10-15(18)14-5-2-8-30-21(14)23(27,28)29/h2,5,8-13,20,22,31H,1,3-4,6-7H2.